The molecule has 2 rings (SSSR count). The summed E-state index contributed by atoms with van der Waals surface area (Å²) in [5.41, 5.74) is 5.89. The van der Waals surface area contributed by atoms with E-state index in [1.54, 1.807) is 18.2 Å². The second-order valence-electron chi connectivity index (χ2n) is 4.02. The van der Waals surface area contributed by atoms with E-state index in [9.17, 15) is 14.4 Å². The number of benzene rings is 1. The molecule has 0 atom stereocenters. The smallest absolute Gasteiger partial charge is 0.262 e. The Kier molecular flexibility index (Phi) is 3.96. The Morgan fingerprint density at radius 2 is 1.95 bits per heavy atom. The van der Waals surface area contributed by atoms with Gasteiger partial charge in [0, 0.05) is 17.6 Å². The second-order valence-corrected chi connectivity index (χ2v) is 4.94. The Bertz CT molecular complexity index is 559. The summed E-state index contributed by atoms with van der Waals surface area (Å²) < 4.78 is 0.710. The van der Waals surface area contributed by atoms with Crippen molar-refractivity contribution in [2.24, 2.45) is 5.73 Å². The van der Waals surface area contributed by atoms with Crippen molar-refractivity contribution < 1.29 is 14.4 Å². The molecule has 0 unspecified atom stereocenters. The van der Waals surface area contributed by atoms with Crippen LogP contribution in [-0.2, 0) is 4.79 Å². The molecule has 0 radical (unpaired) electrons. The molecule has 3 amide bonds. The molecule has 0 bridgehead atoms. The van der Waals surface area contributed by atoms with Crippen LogP contribution in [0.25, 0.3) is 0 Å². The average molecular weight is 326 g/mol. The molecular formula is C12H12BrN3O3. The minimum absolute atomic E-state index is 0.288. The van der Waals surface area contributed by atoms with Gasteiger partial charge in [-0.3, -0.25) is 19.3 Å². The number of carbonyl (C=O) groups excluding carboxylic acids is 3. The van der Waals surface area contributed by atoms with Gasteiger partial charge in [-0.05, 0) is 18.2 Å². The van der Waals surface area contributed by atoms with Gasteiger partial charge in [-0.2, -0.15) is 0 Å². The Morgan fingerprint density at radius 1 is 1.26 bits per heavy atom. The highest BCUT2D eigenvalue weighted by Crippen LogP contribution is 2.25. The van der Waals surface area contributed by atoms with Gasteiger partial charge in [0.2, 0.25) is 5.91 Å². The van der Waals surface area contributed by atoms with Crippen molar-refractivity contribution >= 4 is 33.7 Å². The number of nitrogens with two attached hydrogens (primary N) is 1. The van der Waals surface area contributed by atoms with E-state index in [0.29, 0.717) is 28.7 Å². The molecule has 0 aliphatic carbocycles. The number of rotatable bonds is 4. The summed E-state index contributed by atoms with van der Waals surface area (Å²) in [6.45, 7) is 0.332. The van der Waals surface area contributed by atoms with Crippen LogP contribution in [-0.4, -0.2) is 42.3 Å². The second kappa shape index (κ2) is 5.50. The topological polar surface area (TPSA) is 92.5 Å². The number of nitrogens with one attached hydrogen (secondary N) is 1. The summed E-state index contributed by atoms with van der Waals surface area (Å²) in [5, 5.41) is 2.52. The molecule has 0 saturated heterocycles. The van der Waals surface area contributed by atoms with E-state index in [4.69, 9.17) is 5.73 Å². The number of amides is 3. The summed E-state index contributed by atoms with van der Waals surface area (Å²) in [4.78, 5) is 36.5. The van der Waals surface area contributed by atoms with Gasteiger partial charge in [0.1, 0.15) is 6.54 Å². The van der Waals surface area contributed by atoms with Gasteiger partial charge in [-0.1, -0.05) is 15.9 Å². The van der Waals surface area contributed by atoms with E-state index in [0.717, 1.165) is 4.90 Å². The third-order valence-electron chi connectivity index (χ3n) is 2.70. The predicted octanol–water partition coefficient (Wildman–Crippen LogP) is 0.120. The average Bonchev–Trinajstić information content (AvgIpc) is 2.61. The molecular weight excluding hydrogens is 314 g/mol. The van der Waals surface area contributed by atoms with Crippen molar-refractivity contribution in [1.82, 2.24) is 10.2 Å². The number of nitrogens with zero attached hydrogens (tertiary/aromatic N) is 1. The van der Waals surface area contributed by atoms with E-state index in [1.165, 1.54) is 0 Å². The fourth-order valence-corrected chi connectivity index (χ4v) is 2.18. The zero-order valence-corrected chi connectivity index (χ0v) is 11.6. The largest absolute Gasteiger partial charge is 0.353 e. The molecule has 100 valence electrons. The van der Waals surface area contributed by atoms with Gasteiger partial charge in [-0.25, -0.2) is 0 Å². The SMILES string of the molecule is NCCNC(=O)CN1C(=O)c2ccc(Br)cc2C1=O. The van der Waals surface area contributed by atoms with Crippen LogP contribution in [0.4, 0.5) is 0 Å². The first-order valence-electron chi connectivity index (χ1n) is 5.67. The van der Waals surface area contributed by atoms with Crippen LogP contribution in [0.2, 0.25) is 0 Å². The Balaban J connectivity index is 2.16. The maximum atomic E-state index is 12.0. The lowest BCUT2D eigenvalue weighted by Gasteiger charge is -2.13. The first-order valence-corrected chi connectivity index (χ1v) is 6.46. The summed E-state index contributed by atoms with van der Waals surface area (Å²) in [6.07, 6.45) is 0. The Hall–Kier alpha value is -1.73. The van der Waals surface area contributed by atoms with Gasteiger partial charge in [0.05, 0.1) is 11.1 Å². The molecule has 0 fully saturated rings. The summed E-state index contributed by atoms with van der Waals surface area (Å²) in [7, 11) is 0. The number of carbonyl (C=O) groups is 3. The number of hydrogen-bond acceptors (Lipinski definition) is 4. The van der Waals surface area contributed by atoms with Crippen LogP contribution in [0.1, 0.15) is 20.7 Å². The lowest BCUT2D eigenvalue weighted by molar-refractivity contribution is -0.121. The Labute approximate surface area is 118 Å². The number of imide groups is 1. The van der Waals surface area contributed by atoms with Gasteiger partial charge in [-0.15, -0.1) is 0 Å². The van der Waals surface area contributed by atoms with E-state index in [-0.39, 0.29) is 6.54 Å². The first kappa shape index (κ1) is 13.7. The van der Waals surface area contributed by atoms with E-state index < -0.39 is 17.7 Å². The molecule has 0 aromatic heterocycles. The molecule has 1 heterocycles. The fraction of sp³-hybridized carbons (Fsp3) is 0.250. The van der Waals surface area contributed by atoms with Crippen molar-refractivity contribution in [3.63, 3.8) is 0 Å². The molecule has 3 N–H and O–H groups in total. The van der Waals surface area contributed by atoms with Gasteiger partial charge in [0.25, 0.3) is 11.8 Å². The van der Waals surface area contributed by atoms with Crippen LogP contribution in [0.5, 0.6) is 0 Å². The Morgan fingerprint density at radius 3 is 2.63 bits per heavy atom. The van der Waals surface area contributed by atoms with Crippen LogP contribution >= 0.6 is 15.9 Å². The molecule has 0 saturated carbocycles. The predicted molar refractivity (Wildman–Crippen MR) is 71.6 cm³/mol. The highest BCUT2D eigenvalue weighted by atomic mass is 79.9. The van der Waals surface area contributed by atoms with Crippen molar-refractivity contribution in [2.45, 2.75) is 0 Å². The normalized spacial score (nSPS) is 13.7. The van der Waals surface area contributed by atoms with Crippen molar-refractivity contribution in [3.8, 4) is 0 Å². The fourth-order valence-electron chi connectivity index (χ4n) is 1.82. The summed E-state index contributed by atoms with van der Waals surface area (Å²) >= 11 is 3.24. The third kappa shape index (κ3) is 2.66. The highest BCUT2D eigenvalue weighted by Gasteiger charge is 2.36. The molecule has 19 heavy (non-hydrogen) atoms. The van der Waals surface area contributed by atoms with Crippen molar-refractivity contribution in [1.29, 1.82) is 0 Å². The molecule has 1 aliphatic rings. The van der Waals surface area contributed by atoms with Crippen LogP contribution in [0.3, 0.4) is 0 Å². The molecule has 1 aliphatic heterocycles. The maximum absolute atomic E-state index is 12.0. The third-order valence-corrected chi connectivity index (χ3v) is 3.19. The first-order chi connectivity index (χ1) is 9.04. The molecule has 1 aromatic carbocycles. The highest BCUT2D eigenvalue weighted by molar-refractivity contribution is 9.10. The summed E-state index contributed by atoms with van der Waals surface area (Å²) in [6, 6.07) is 4.83. The number of hydrogen-bond donors (Lipinski definition) is 2. The summed E-state index contributed by atoms with van der Waals surface area (Å²) in [5.74, 6) is -1.31. The minimum atomic E-state index is -0.454. The minimum Gasteiger partial charge on any atom is -0.353 e. The van der Waals surface area contributed by atoms with Crippen LogP contribution < -0.4 is 11.1 Å². The van der Waals surface area contributed by atoms with E-state index >= 15 is 0 Å². The number of halogens is 1. The standard InChI is InChI=1S/C12H12BrN3O3/c13-7-1-2-8-9(5-7)12(19)16(11(8)18)6-10(17)15-4-3-14/h1-2,5H,3-4,6,14H2,(H,15,17). The zero-order chi connectivity index (χ0) is 14.0. The molecule has 7 heteroatoms. The van der Waals surface area contributed by atoms with Crippen molar-refractivity contribution in [2.75, 3.05) is 19.6 Å². The maximum Gasteiger partial charge on any atom is 0.262 e. The molecule has 1 aromatic rings. The van der Waals surface area contributed by atoms with Gasteiger partial charge >= 0.3 is 0 Å². The lowest BCUT2D eigenvalue weighted by atomic mass is 10.1. The van der Waals surface area contributed by atoms with Crippen molar-refractivity contribution in [3.05, 3.63) is 33.8 Å². The monoisotopic (exact) mass is 325 g/mol. The van der Waals surface area contributed by atoms with Gasteiger partial charge in [0.15, 0.2) is 0 Å². The van der Waals surface area contributed by atoms with E-state index in [2.05, 4.69) is 21.2 Å². The van der Waals surface area contributed by atoms with Gasteiger partial charge < -0.3 is 11.1 Å². The molecule has 0 spiro atoms. The zero-order valence-electron chi connectivity index (χ0n) is 9.98. The van der Waals surface area contributed by atoms with Crippen LogP contribution in [0.15, 0.2) is 22.7 Å². The number of fused-ring (bicyclic) bond motifs is 1. The quantitative estimate of drug-likeness (QED) is 0.769. The van der Waals surface area contributed by atoms with E-state index in [1.807, 2.05) is 0 Å². The van der Waals surface area contributed by atoms with Crippen LogP contribution in [0, 0.1) is 0 Å². The lowest BCUT2D eigenvalue weighted by Crippen LogP contribution is -2.41. The molecule has 6 nitrogen and oxygen atoms in total.